The highest BCUT2D eigenvalue weighted by atomic mass is 35.5. The molecule has 0 spiro atoms. The van der Waals surface area contributed by atoms with Gasteiger partial charge in [0.1, 0.15) is 5.78 Å². The quantitative estimate of drug-likeness (QED) is 0.734. The zero-order valence-corrected chi connectivity index (χ0v) is 13.2. The molecule has 0 amide bonds. The fraction of sp³-hybridized carbons (Fsp3) is 0.235. The predicted octanol–water partition coefficient (Wildman–Crippen LogP) is 4.86. The van der Waals surface area contributed by atoms with Gasteiger partial charge in [-0.3, -0.25) is 4.79 Å². The number of halogens is 1. The Morgan fingerprint density at radius 1 is 1.05 bits per heavy atom. The van der Waals surface area contributed by atoms with Gasteiger partial charge in [-0.2, -0.15) is 0 Å². The Morgan fingerprint density at radius 3 is 2.35 bits per heavy atom. The molecule has 0 radical (unpaired) electrons. The first-order valence-corrected chi connectivity index (χ1v) is 7.87. The minimum atomic E-state index is 0.196. The Kier molecular flexibility index (Phi) is 5.27. The molecule has 2 aromatic carbocycles. The van der Waals surface area contributed by atoms with Crippen LogP contribution in [0.1, 0.15) is 16.7 Å². The van der Waals surface area contributed by atoms with Gasteiger partial charge in [-0.1, -0.05) is 41.4 Å². The Hall–Kier alpha value is -1.25. The lowest BCUT2D eigenvalue weighted by molar-refractivity contribution is -0.116. The zero-order chi connectivity index (χ0) is 14.5. The topological polar surface area (TPSA) is 17.1 Å². The summed E-state index contributed by atoms with van der Waals surface area (Å²) >= 11 is 7.72. The van der Waals surface area contributed by atoms with Crippen LogP contribution in [-0.2, 0) is 11.2 Å². The Bertz CT molecular complexity index is 605. The fourth-order valence-electron chi connectivity index (χ4n) is 1.86. The molecular formula is C17H17ClOS. The van der Waals surface area contributed by atoms with Gasteiger partial charge >= 0.3 is 0 Å². The van der Waals surface area contributed by atoms with Crippen molar-refractivity contribution in [2.45, 2.75) is 25.2 Å². The summed E-state index contributed by atoms with van der Waals surface area (Å²) in [4.78, 5) is 13.1. The number of benzene rings is 2. The smallest absolute Gasteiger partial charge is 0.147 e. The van der Waals surface area contributed by atoms with Crippen LogP contribution in [0.3, 0.4) is 0 Å². The van der Waals surface area contributed by atoms with Gasteiger partial charge in [-0.25, -0.2) is 0 Å². The second-order valence-electron chi connectivity index (χ2n) is 4.91. The Labute approximate surface area is 129 Å². The summed E-state index contributed by atoms with van der Waals surface area (Å²) < 4.78 is 0. The number of hydrogen-bond acceptors (Lipinski definition) is 2. The van der Waals surface area contributed by atoms with Crippen LogP contribution in [0.15, 0.2) is 47.4 Å². The summed E-state index contributed by atoms with van der Waals surface area (Å²) in [5, 5.41) is 0.679. The second kappa shape index (κ2) is 6.96. The van der Waals surface area contributed by atoms with Crippen LogP contribution in [-0.4, -0.2) is 11.5 Å². The molecule has 2 aromatic rings. The van der Waals surface area contributed by atoms with Crippen molar-refractivity contribution in [3.8, 4) is 0 Å². The van der Waals surface area contributed by atoms with E-state index in [-0.39, 0.29) is 5.78 Å². The molecule has 0 aliphatic heterocycles. The molecule has 1 nitrogen and oxygen atoms in total. The minimum absolute atomic E-state index is 0.196. The van der Waals surface area contributed by atoms with E-state index in [2.05, 4.69) is 19.1 Å². The van der Waals surface area contributed by atoms with Gasteiger partial charge in [0.05, 0.1) is 5.75 Å². The summed E-state index contributed by atoms with van der Waals surface area (Å²) in [6, 6.07) is 14.0. The van der Waals surface area contributed by atoms with Crippen LogP contribution in [0.5, 0.6) is 0 Å². The van der Waals surface area contributed by atoms with Gasteiger partial charge in [0.15, 0.2) is 0 Å². The van der Waals surface area contributed by atoms with Gasteiger partial charge in [-0.15, -0.1) is 11.8 Å². The molecule has 0 saturated heterocycles. The first-order chi connectivity index (χ1) is 9.54. The minimum Gasteiger partial charge on any atom is -0.298 e. The molecule has 0 fully saturated rings. The monoisotopic (exact) mass is 304 g/mol. The van der Waals surface area contributed by atoms with Crippen molar-refractivity contribution in [3.05, 3.63) is 64.2 Å². The summed E-state index contributed by atoms with van der Waals surface area (Å²) in [6.45, 7) is 4.05. The molecule has 0 heterocycles. The molecule has 3 heteroatoms. The van der Waals surface area contributed by atoms with Crippen molar-refractivity contribution in [3.63, 3.8) is 0 Å². The fourth-order valence-corrected chi connectivity index (χ4v) is 2.92. The average Bonchev–Trinajstić information content (AvgIpc) is 2.41. The third kappa shape index (κ3) is 4.39. The van der Waals surface area contributed by atoms with Gasteiger partial charge in [0.25, 0.3) is 0 Å². The van der Waals surface area contributed by atoms with E-state index >= 15 is 0 Å². The van der Waals surface area contributed by atoms with Crippen molar-refractivity contribution in [1.29, 1.82) is 0 Å². The molecular weight excluding hydrogens is 288 g/mol. The largest absolute Gasteiger partial charge is 0.298 e. The maximum atomic E-state index is 12.0. The van der Waals surface area contributed by atoms with E-state index in [0.29, 0.717) is 17.2 Å². The Morgan fingerprint density at radius 2 is 1.70 bits per heavy atom. The molecule has 2 rings (SSSR count). The molecule has 0 saturated carbocycles. The summed E-state index contributed by atoms with van der Waals surface area (Å²) in [5.74, 6) is 0.675. The third-order valence-electron chi connectivity index (χ3n) is 3.02. The van der Waals surface area contributed by atoms with Crippen molar-refractivity contribution < 1.29 is 4.79 Å². The molecule has 0 aliphatic carbocycles. The maximum absolute atomic E-state index is 12.0. The number of thioether (sulfide) groups is 1. The van der Waals surface area contributed by atoms with E-state index in [1.807, 2.05) is 37.3 Å². The number of rotatable bonds is 5. The van der Waals surface area contributed by atoms with E-state index in [1.54, 1.807) is 11.8 Å². The van der Waals surface area contributed by atoms with Gasteiger partial charge < -0.3 is 0 Å². The second-order valence-corrected chi connectivity index (χ2v) is 6.37. The summed E-state index contributed by atoms with van der Waals surface area (Å²) in [7, 11) is 0. The standard InChI is InChI=1S/C17H17ClOS/c1-12-4-7-16(8-5-12)20-11-15(19)10-14-6-3-13(2)9-17(14)18/h3-9H,10-11H2,1-2H3. The molecule has 20 heavy (non-hydrogen) atoms. The van der Waals surface area contributed by atoms with E-state index < -0.39 is 0 Å². The first-order valence-electron chi connectivity index (χ1n) is 6.51. The highest BCUT2D eigenvalue weighted by Crippen LogP contribution is 2.21. The number of hydrogen-bond donors (Lipinski definition) is 0. The first kappa shape index (κ1) is 15.1. The lowest BCUT2D eigenvalue weighted by Gasteiger charge is -2.05. The number of Topliss-reactive ketones (excluding diaryl/α,β-unsaturated/α-hetero) is 1. The number of carbonyl (C=O) groups excluding carboxylic acids is 1. The van der Waals surface area contributed by atoms with E-state index in [9.17, 15) is 4.79 Å². The molecule has 0 bridgehead atoms. The lowest BCUT2D eigenvalue weighted by atomic mass is 10.1. The highest BCUT2D eigenvalue weighted by molar-refractivity contribution is 8.00. The number of ketones is 1. The normalized spacial score (nSPS) is 10.6. The van der Waals surface area contributed by atoms with Gasteiger partial charge in [0.2, 0.25) is 0 Å². The maximum Gasteiger partial charge on any atom is 0.147 e. The molecule has 104 valence electrons. The van der Waals surface area contributed by atoms with Crippen LogP contribution in [0, 0.1) is 13.8 Å². The van der Waals surface area contributed by atoms with Crippen molar-refractivity contribution in [1.82, 2.24) is 0 Å². The third-order valence-corrected chi connectivity index (χ3v) is 4.44. The van der Waals surface area contributed by atoms with Crippen molar-refractivity contribution in [2.75, 3.05) is 5.75 Å². The van der Waals surface area contributed by atoms with Crippen LogP contribution in [0.4, 0.5) is 0 Å². The van der Waals surface area contributed by atoms with E-state index in [1.165, 1.54) is 5.56 Å². The average molecular weight is 305 g/mol. The molecule has 0 atom stereocenters. The highest BCUT2D eigenvalue weighted by Gasteiger charge is 2.08. The van der Waals surface area contributed by atoms with Crippen LogP contribution < -0.4 is 0 Å². The SMILES string of the molecule is Cc1ccc(SCC(=O)Cc2ccc(C)cc2Cl)cc1. The lowest BCUT2D eigenvalue weighted by Crippen LogP contribution is -2.06. The number of carbonyl (C=O) groups is 1. The zero-order valence-electron chi connectivity index (χ0n) is 11.7. The summed E-state index contributed by atoms with van der Waals surface area (Å²) in [6.07, 6.45) is 0.401. The van der Waals surface area contributed by atoms with E-state index in [0.717, 1.165) is 16.0 Å². The van der Waals surface area contributed by atoms with Gasteiger partial charge in [-0.05, 0) is 43.2 Å². The molecule has 0 aromatic heterocycles. The van der Waals surface area contributed by atoms with Crippen LogP contribution in [0.25, 0.3) is 0 Å². The molecule has 0 aliphatic rings. The molecule has 0 unspecified atom stereocenters. The summed E-state index contributed by atoms with van der Waals surface area (Å²) in [5.41, 5.74) is 3.25. The molecule has 0 N–H and O–H groups in total. The van der Waals surface area contributed by atoms with E-state index in [4.69, 9.17) is 11.6 Å². The van der Waals surface area contributed by atoms with Crippen LogP contribution >= 0.6 is 23.4 Å². The number of aryl methyl sites for hydroxylation is 2. The van der Waals surface area contributed by atoms with Gasteiger partial charge in [0, 0.05) is 16.3 Å². The van der Waals surface area contributed by atoms with Crippen molar-refractivity contribution in [2.24, 2.45) is 0 Å². The Balaban J connectivity index is 1.90. The van der Waals surface area contributed by atoms with Crippen LogP contribution in [0.2, 0.25) is 5.02 Å². The van der Waals surface area contributed by atoms with Crippen molar-refractivity contribution >= 4 is 29.1 Å². The predicted molar refractivity (Wildman–Crippen MR) is 86.8 cm³/mol.